The van der Waals surface area contributed by atoms with Gasteiger partial charge in [-0.2, -0.15) is 0 Å². The Bertz CT molecular complexity index is 533. The lowest BCUT2D eigenvalue weighted by molar-refractivity contribution is -0.171. The lowest BCUT2D eigenvalue weighted by Gasteiger charge is -2.50. The van der Waals surface area contributed by atoms with Crippen LogP contribution in [0.15, 0.2) is 0 Å². The molecule has 3 atom stereocenters. The Labute approximate surface area is 173 Å². The van der Waals surface area contributed by atoms with Gasteiger partial charge < -0.3 is 22.4 Å². The summed E-state index contributed by atoms with van der Waals surface area (Å²) in [6, 6.07) is 0. The zero-order valence-electron chi connectivity index (χ0n) is 19.3. The highest BCUT2D eigenvalue weighted by Crippen LogP contribution is 2.47. The van der Waals surface area contributed by atoms with Crippen molar-refractivity contribution in [2.24, 2.45) is 0 Å². The van der Waals surface area contributed by atoms with E-state index in [9.17, 15) is 4.79 Å². The first-order valence-corrected chi connectivity index (χ1v) is 14.7. The van der Waals surface area contributed by atoms with Crippen molar-refractivity contribution in [2.45, 2.75) is 116 Å². The van der Waals surface area contributed by atoms with Crippen molar-refractivity contribution in [1.29, 1.82) is 0 Å². The molecule has 0 radical (unpaired) electrons. The fourth-order valence-corrected chi connectivity index (χ4v) is 15.5. The van der Waals surface area contributed by atoms with Crippen LogP contribution in [0.4, 0.5) is 0 Å². The van der Waals surface area contributed by atoms with E-state index >= 15 is 0 Å². The molecule has 2 aliphatic rings. The van der Waals surface area contributed by atoms with Crippen LogP contribution < -0.4 is 0 Å². The SMILES string of the molecule is CC(C)O[C@@H]1O[C@@H]2CO[Si](C(C)C)(C(C)C)O[Si](C(C)C)(C(C)C)O[C@H]2C1=O. The minimum atomic E-state index is -2.80. The maximum absolute atomic E-state index is 13.0. The van der Waals surface area contributed by atoms with Crippen LogP contribution in [-0.2, 0) is 27.2 Å². The minimum absolute atomic E-state index is 0.104. The van der Waals surface area contributed by atoms with Gasteiger partial charge in [-0.1, -0.05) is 55.4 Å². The van der Waals surface area contributed by atoms with Gasteiger partial charge in [0, 0.05) is 0 Å². The number of rotatable bonds is 6. The van der Waals surface area contributed by atoms with Crippen molar-refractivity contribution >= 4 is 22.9 Å². The highest BCUT2D eigenvalue weighted by molar-refractivity contribution is 6.84. The Morgan fingerprint density at radius 2 is 1.36 bits per heavy atom. The molecule has 2 rings (SSSR count). The van der Waals surface area contributed by atoms with Gasteiger partial charge in [-0.05, 0) is 36.0 Å². The molecule has 164 valence electrons. The van der Waals surface area contributed by atoms with Gasteiger partial charge in [0.2, 0.25) is 12.1 Å². The van der Waals surface area contributed by atoms with Crippen LogP contribution >= 0.6 is 0 Å². The molecule has 0 bridgehead atoms. The fraction of sp³-hybridized carbons (Fsp3) is 0.950. The number of carbonyl (C=O) groups is 1. The van der Waals surface area contributed by atoms with E-state index < -0.39 is 35.6 Å². The number of Topliss-reactive ketones (excluding diaryl/α,β-unsaturated/α-hetero) is 1. The second-order valence-electron chi connectivity index (χ2n) is 9.61. The van der Waals surface area contributed by atoms with Gasteiger partial charge in [0.1, 0.15) is 12.2 Å². The smallest absolute Gasteiger partial charge is 0.335 e. The third-order valence-electron chi connectivity index (χ3n) is 5.87. The molecular weight excluding hydrogens is 392 g/mol. The Hall–Kier alpha value is -0.0962. The molecule has 0 amide bonds. The van der Waals surface area contributed by atoms with E-state index in [1.165, 1.54) is 0 Å². The van der Waals surface area contributed by atoms with Crippen molar-refractivity contribution in [3.63, 3.8) is 0 Å². The predicted octanol–water partition coefficient (Wildman–Crippen LogP) is 4.66. The number of fused-ring (bicyclic) bond motifs is 1. The Morgan fingerprint density at radius 1 is 0.857 bits per heavy atom. The molecule has 2 heterocycles. The first kappa shape index (κ1) is 24.2. The van der Waals surface area contributed by atoms with Crippen LogP contribution in [0.1, 0.15) is 69.2 Å². The molecule has 0 N–H and O–H groups in total. The third-order valence-corrected chi connectivity index (χ3v) is 16.1. The highest BCUT2D eigenvalue weighted by atomic mass is 28.5. The van der Waals surface area contributed by atoms with Crippen molar-refractivity contribution in [1.82, 2.24) is 0 Å². The maximum Gasteiger partial charge on any atom is 0.335 e. The third kappa shape index (κ3) is 4.33. The van der Waals surface area contributed by atoms with Gasteiger partial charge >= 0.3 is 17.1 Å². The second kappa shape index (κ2) is 8.95. The number of hydrogen-bond acceptors (Lipinski definition) is 6. The summed E-state index contributed by atoms with van der Waals surface area (Å²) < 4.78 is 32.1. The summed E-state index contributed by atoms with van der Waals surface area (Å²) in [5.74, 6) is -0.146. The molecule has 0 aromatic heterocycles. The zero-order chi connectivity index (χ0) is 21.4. The minimum Gasteiger partial charge on any atom is -0.414 e. The van der Waals surface area contributed by atoms with Gasteiger partial charge in [-0.15, -0.1) is 0 Å². The molecule has 2 fully saturated rings. The van der Waals surface area contributed by atoms with Gasteiger partial charge in [0.25, 0.3) is 0 Å². The van der Waals surface area contributed by atoms with Crippen molar-refractivity contribution in [3.8, 4) is 0 Å². The standard InChI is InChI=1S/C20H40O6Si2/c1-12(2)23-20-18(21)19-17(24-20)11-22-27(13(3)4,14(5)6)26-28(25-19,15(7)8)16(9)10/h12-17,19-20H,11H2,1-10H3/t17-,19-,20-/m1/s1. The predicted molar refractivity (Wildman–Crippen MR) is 114 cm³/mol. The molecule has 0 saturated carbocycles. The van der Waals surface area contributed by atoms with E-state index in [0.29, 0.717) is 6.61 Å². The van der Waals surface area contributed by atoms with Gasteiger partial charge in [0.05, 0.1) is 12.7 Å². The fourth-order valence-electron chi connectivity index (χ4n) is 4.35. The normalized spacial score (nSPS) is 30.4. The molecule has 2 aliphatic heterocycles. The monoisotopic (exact) mass is 432 g/mol. The Kier molecular flexibility index (Phi) is 7.73. The summed E-state index contributed by atoms with van der Waals surface area (Å²) in [6.45, 7) is 21.4. The average Bonchev–Trinajstić information content (AvgIpc) is 2.81. The van der Waals surface area contributed by atoms with Crippen LogP contribution in [-0.4, -0.2) is 54.1 Å². The van der Waals surface area contributed by atoms with Crippen LogP contribution in [0, 0.1) is 0 Å². The Morgan fingerprint density at radius 3 is 1.79 bits per heavy atom. The lowest BCUT2D eigenvalue weighted by Crippen LogP contribution is -2.65. The second-order valence-corrected chi connectivity index (χ2v) is 18.5. The molecule has 28 heavy (non-hydrogen) atoms. The summed E-state index contributed by atoms with van der Waals surface area (Å²) in [6.07, 6.45) is -2.13. The van der Waals surface area contributed by atoms with E-state index in [2.05, 4.69) is 55.4 Å². The number of hydrogen-bond donors (Lipinski definition) is 0. The molecule has 0 spiro atoms. The largest absolute Gasteiger partial charge is 0.414 e. The first-order chi connectivity index (χ1) is 12.9. The zero-order valence-corrected chi connectivity index (χ0v) is 21.3. The maximum atomic E-state index is 13.0. The highest BCUT2D eigenvalue weighted by Gasteiger charge is 2.61. The van der Waals surface area contributed by atoms with Crippen LogP contribution in [0.2, 0.25) is 22.2 Å². The molecule has 8 heteroatoms. The summed E-state index contributed by atoms with van der Waals surface area (Å²) in [5, 5.41) is 0. The molecular formula is C20H40O6Si2. The van der Waals surface area contributed by atoms with Crippen LogP contribution in [0.3, 0.4) is 0 Å². The van der Waals surface area contributed by atoms with Gasteiger partial charge in [-0.3, -0.25) is 4.79 Å². The van der Waals surface area contributed by atoms with Crippen LogP contribution in [0.5, 0.6) is 0 Å². The van der Waals surface area contributed by atoms with Crippen molar-refractivity contribution in [3.05, 3.63) is 0 Å². The summed E-state index contributed by atoms with van der Waals surface area (Å²) in [5.41, 5.74) is 0.878. The number of carbonyl (C=O) groups excluding carboxylic acids is 1. The van der Waals surface area contributed by atoms with E-state index in [1.54, 1.807) is 0 Å². The topological polar surface area (TPSA) is 63.2 Å². The van der Waals surface area contributed by atoms with E-state index in [0.717, 1.165) is 0 Å². The summed E-state index contributed by atoms with van der Waals surface area (Å²) >= 11 is 0. The first-order valence-electron chi connectivity index (χ1n) is 10.7. The quantitative estimate of drug-likeness (QED) is 0.569. The van der Waals surface area contributed by atoms with Crippen molar-refractivity contribution < 1.29 is 27.2 Å². The Balaban J connectivity index is 2.50. The lowest BCUT2D eigenvalue weighted by atomic mass is 10.2. The molecule has 0 aromatic carbocycles. The van der Waals surface area contributed by atoms with Gasteiger partial charge in [-0.25, -0.2) is 0 Å². The number of ether oxygens (including phenoxy) is 2. The average molecular weight is 433 g/mol. The van der Waals surface area contributed by atoms with E-state index in [-0.39, 0.29) is 34.1 Å². The summed E-state index contributed by atoms with van der Waals surface area (Å²) in [7, 11) is -5.41. The van der Waals surface area contributed by atoms with Crippen LogP contribution in [0.25, 0.3) is 0 Å². The van der Waals surface area contributed by atoms with Gasteiger partial charge in [0.15, 0.2) is 0 Å². The van der Waals surface area contributed by atoms with E-state index in [1.807, 2.05) is 13.8 Å². The molecule has 0 aliphatic carbocycles. The molecule has 0 unspecified atom stereocenters. The molecule has 2 saturated heterocycles. The van der Waals surface area contributed by atoms with Crippen molar-refractivity contribution in [2.75, 3.05) is 6.61 Å². The molecule has 0 aromatic rings. The molecule has 6 nitrogen and oxygen atoms in total. The number of ketones is 1. The van der Waals surface area contributed by atoms with E-state index in [4.69, 9.17) is 22.4 Å². The summed E-state index contributed by atoms with van der Waals surface area (Å²) in [4.78, 5) is 13.0.